The third-order valence-electron chi connectivity index (χ3n) is 3.40. The van der Waals surface area contributed by atoms with Gasteiger partial charge in [-0.3, -0.25) is 4.99 Å². The van der Waals surface area contributed by atoms with E-state index in [4.69, 9.17) is 11.6 Å². The van der Waals surface area contributed by atoms with Crippen LogP contribution < -0.4 is 15.4 Å². The van der Waals surface area contributed by atoms with Crippen LogP contribution in [0.5, 0.6) is 0 Å². The maximum Gasteiger partial charge on any atom is 0.240 e. The highest BCUT2D eigenvalue weighted by atomic mass is 127. The summed E-state index contributed by atoms with van der Waals surface area (Å²) in [5.41, 5.74) is 0. The Balaban J connectivity index is 0.00000364. The average Bonchev–Trinajstić information content (AvgIpc) is 3.09. The van der Waals surface area contributed by atoms with E-state index < -0.39 is 10.0 Å². The van der Waals surface area contributed by atoms with Gasteiger partial charge in [0.2, 0.25) is 10.0 Å². The first-order chi connectivity index (χ1) is 12.4. The molecule has 1 heterocycles. The molecule has 27 heavy (non-hydrogen) atoms. The molecular weight excluding hydrogens is 521 g/mol. The highest BCUT2D eigenvalue weighted by molar-refractivity contribution is 14.0. The van der Waals surface area contributed by atoms with Gasteiger partial charge in [0.05, 0.1) is 11.4 Å². The number of sulfonamides is 1. The molecule has 1 aromatic carbocycles. The molecule has 2 aromatic rings. The second-order valence-corrected chi connectivity index (χ2v) is 8.68. The van der Waals surface area contributed by atoms with Gasteiger partial charge in [-0.2, -0.15) is 0 Å². The third kappa shape index (κ3) is 7.90. The summed E-state index contributed by atoms with van der Waals surface area (Å²) >= 11 is 7.49. The van der Waals surface area contributed by atoms with Crippen LogP contribution in [0.3, 0.4) is 0 Å². The Morgan fingerprint density at radius 1 is 1.30 bits per heavy atom. The predicted octanol–water partition coefficient (Wildman–Crippen LogP) is 2.62. The zero-order valence-electron chi connectivity index (χ0n) is 15.0. The lowest BCUT2D eigenvalue weighted by molar-refractivity contribution is 0.580. The number of rotatable bonds is 8. The highest BCUT2D eigenvalue weighted by Gasteiger charge is 2.13. The van der Waals surface area contributed by atoms with Crippen molar-refractivity contribution in [3.8, 4) is 0 Å². The Morgan fingerprint density at radius 3 is 2.70 bits per heavy atom. The SMILES string of the molecule is CCc1cnc(CNC(=NC)NCCNS(=O)(=O)c2cccc(Cl)c2)s1.I. The largest absolute Gasteiger partial charge is 0.355 e. The van der Waals surface area contributed by atoms with Gasteiger partial charge < -0.3 is 10.6 Å². The van der Waals surface area contributed by atoms with Gasteiger partial charge in [0.1, 0.15) is 5.01 Å². The summed E-state index contributed by atoms with van der Waals surface area (Å²) in [4.78, 5) is 9.82. The van der Waals surface area contributed by atoms with Gasteiger partial charge in [0.15, 0.2) is 5.96 Å². The second-order valence-electron chi connectivity index (χ2n) is 5.28. The van der Waals surface area contributed by atoms with Crippen molar-refractivity contribution in [3.05, 3.63) is 45.4 Å². The lowest BCUT2D eigenvalue weighted by Gasteiger charge is -2.12. The summed E-state index contributed by atoms with van der Waals surface area (Å²) in [5.74, 6) is 0.584. The van der Waals surface area contributed by atoms with E-state index in [0.717, 1.165) is 11.4 Å². The molecule has 0 aliphatic carbocycles. The fourth-order valence-corrected chi connectivity index (χ4v) is 4.19. The number of hydrogen-bond acceptors (Lipinski definition) is 5. The summed E-state index contributed by atoms with van der Waals surface area (Å²) in [6.07, 6.45) is 2.85. The molecule has 2 rings (SSSR count). The normalized spacial score (nSPS) is 11.7. The number of aryl methyl sites for hydroxylation is 1. The Bertz CT molecular complexity index is 858. The van der Waals surface area contributed by atoms with E-state index in [2.05, 4.69) is 32.3 Å². The Morgan fingerprint density at radius 2 is 2.07 bits per heavy atom. The minimum absolute atomic E-state index is 0. The van der Waals surface area contributed by atoms with E-state index in [1.165, 1.54) is 17.0 Å². The van der Waals surface area contributed by atoms with E-state index in [9.17, 15) is 8.42 Å². The molecule has 0 bridgehead atoms. The van der Waals surface area contributed by atoms with Crippen molar-refractivity contribution in [1.82, 2.24) is 20.3 Å². The van der Waals surface area contributed by atoms with Gasteiger partial charge in [-0.1, -0.05) is 24.6 Å². The highest BCUT2D eigenvalue weighted by Crippen LogP contribution is 2.15. The molecule has 0 unspecified atom stereocenters. The van der Waals surface area contributed by atoms with Crippen LogP contribution in [-0.4, -0.2) is 39.5 Å². The van der Waals surface area contributed by atoms with E-state index in [-0.39, 0.29) is 35.4 Å². The lowest BCUT2D eigenvalue weighted by atomic mass is 10.4. The van der Waals surface area contributed by atoms with Gasteiger partial charge in [-0.15, -0.1) is 35.3 Å². The first kappa shape index (κ1) is 24.1. The molecule has 0 aliphatic heterocycles. The average molecular weight is 544 g/mol. The van der Waals surface area contributed by atoms with Crippen LogP contribution in [0.1, 0.15) is 16.8 Å². The molecule has 7 nitrogen and oxygen atoms in total. The predicted molar refractivity (Wildman–Crippen MR) is 122 cm³/mol. The van der Waals surface area contributed by atoms with E-state index >= 15 is 0 Å². The Labute approximate surface area is 186 Å². The van der Waals surface area contributed by atoms with Crippen molar-refractivity contribution < 1.29 is 8.42 Å². The summed E-state index contributed by atoms with van der Waals surface area (Å²) in [6, 6.07) is 6.14. The molecular formula is C16H23ClIN5O2S2. The number of aliphatic imine (C=N–C) groups is 1. The van der Waals surface area contributed by atoms with Crippen molar-refractivity contribution in [1.29, 1.82) is 0 Å². The number of nitrogens with zero attached hydrogens (tertiary/aromatic N) is 2. The standard InChI is InChI=1S/C16H22ClN5O2S2.HI/c1-3-13-10-20-15(25-13)11-21-16(18-2)19-7-8-22-26(23,24)14-6-4-5-12(17)9-14;/h4-6,9-10,22H,3,7-8,11H2,1-2H3,(H2,18,19,21);1H. The van der Waals surface area contributed by atoms with Crippen LogP contribution in [0, 0.1) is 0 Å². The first-order valence-electron chi connectivity index (χ1n) is 8.08. The van der Waals surface area contributed by atoms with Crippen LogP contribution >= 0.6 is 46.9 Å². The monoisotopic (exact) mass is 543 g/mol. The Hall–Kier alpha value is -0.950. The number of benzene rings is 1. The molecule has 0 radical (unpaired) electrons. The number of guanidine groups is 1. The fraction of sp³-hybridized carbons (Fsp3) is 0.375. The molecule has 3 N–H and O–H groups in total. The van der Waals surface area contributed by atoms with Gasteiger partial charge in [-0.25, -0.2) is 18.1 Å². The smallest absolute Gasteiger partial charge is 0.240 e. The minimum atomic E-state index is -3.59. The molecule has 1 aromatic heterocycles. The maximum absolute atomic E-state index is 12.2. The second kappa shape index (κ2) is 11.8. The summed E-state index contributed by atoms with van der Waals surface area (Å²) < 4.78 is 26.9. The van der Waals surface area contributed by atoms with Crippen molar-refractivity contribution in [2.24, 2.45) is 4.99 Å². The van der Waals surface area contributed by atoms with Crippen molar-refractivity contribution in [2.75, 3.05) is 20.1 Å². The van der Waals surface area contributed by atoms with Gasteiger partial charge >= 0.3 is 0 Å². The van der Waals surface area contributed by atoms with Crippen LogP contribution in [0.2, 0.25) is 5.02 Å². The first-order valence-corrected chi connectivity index (χ1v) is 10.8. The summed E-state index contributed by atoms with van der Waals surface area (Å²) in [5, 5.41) is 7.57. The van der Waals surface area contributed by atoms with Crippen LogP contribution in [0.25, 0.3) is 0 Å². The number of thiazole rings is 1. The lowest BCUT2D eigenvalue weighted by Crippen LogP contribution is -2.41. The van der Waals surface area contributed by atoms with Gasteiger partial charge in [0, 0.05) is 36.2 Å². The van der Waals surface area contributed by atoms with Crippen molar-refractivity contribution in [2.45, 2.75) is 24.8 Å². The molecule has 150 valence electrons. The van der Waals surface area contributed by atoms with E-state index in [1.54, 1.807) is 30.5 Å². The molecule has 0 fully saturated rings. The van der Waals surface area contributed by atoms with Crippen LogP contribution in [0.15, 0.2) is 40.4 Å². The zero-order valence-corrected chi connectivity index (χ0v) is 19.7. The van der Waals surface area contributed by atoms with E-state index in [0.29, 0.717) is 24.1 Å². The summed E-state index contributed by atoms with van der Waals surface area (Å²) in [6.45, 7) is 3.26. The van der Waals surface area contributed by atoms with E-state index in [1.807, 2.05) is 6.20 Å². The number of aromatic nitrogens is 1. The topological polar surface area (TPSA) is 95.5 Å². The number of hydrogen-bond donors (Lipinski definition) is 3. The summed E-state index contributed by atoms with van der Waals surface area (Å²) in [7, 11) is -1.93. The molecule has 0 aliphatic rings. The van der Waals surface area contributed by atoms with Gasteiger partial charge in [-0.05, 0) is 24.6 Å². The van der Waals surface area contributed by atoms with Crippen molar-refractivity contribution in [3.63, 3.8) is 0 Å². The number of halogens is 2. The molecule has 0 spiro atoms. The fourth-order valence-electron chi connectivity index (χ4n) is 2.06. The molecule has 0 amide bonds. The quantitative estimate of drug-likeness (QED) is 0.206. The zero-order chi connectivity index (χ0) is 19.0. The van der Waals surface area contributed by atoms with Crippen LogP contribution in [0.4, 0.5) is 0 Å². The molecule has 11 heteroatoms. The van der Waals surface area contributed by atoms with Crippen LogP contribution in [-0.2, 0) is 23.0 Å². The molecule has 0 saturated heterocycles. The molecule has 0 saturated carbocycles. The van der Waals surface area contributed by atoms with Crippen molar-refractivity contribution >= 4 is 62.9 Å². The maximum atomic E-state index is 12.2. The minimum Gasteiger partial charge on any atom is -0.355 e. The van der Waals surface area contributed by atoms with Gasteiger partial charge in [0.25, 0.3) is 0 Å². The molecule has 0 atom stereocenters. The number of nitrogens with one attached hydrogen (secondary N) is 3. The Kier molecular flexibility index (Phi) is 10.5. The third-order valence-corrected chi connectivity index (χ3v) is 6.23.